The Morgan fingerprint density at radius 2 is 1.27 bits per heavy atom. The molecule has 3 nitrogen and oxygen atoms in total. The zero-order valence-electron chi connectivity index (χ0n) is 11.8. The molecule has 0 aromatic heterocycles. The van der Waals surface area contributed by atoms with Crippen molar-refractivity contribution >= 4 is 17.5 Å². The van der Waals surface area contributed by atoms with Gasteiger partial charge in [-0.2, -0.15) is 0 Å². The first kappa shape index (κ1) is 17.7. The van der Waals surface area contributed by atoms with Gasteiger partial charge in [-0.25, -0.2) is 0 Å². The Morgan fingerprint density at radius 3 is 1.40 bits per heavy atom. The molecule has 0 rings (SSSR count). The fraction of sp³-hybridized carbons (Fsp3) is 1.00. The Bertz CT molecular complexity index is 127. The lowest BCUT2D eigenvalue weighted by atomic mass is 10.9. The summed E-state index contributed by atoms with van der Waals surface area (Å²) in [5.74, 6) is 0. The summed E-state index contributed by atoms with van der Waals surface area (Å²) < 4.78 is 13.1. The minimum atomic E-state index is -1.70. The summed E-state index contributed by atoms with van der Waals surface area (Å²) in [6.45, 7) is 14.2. The predicted octanol–water partition coefficient (Wildman–Crippen LogP) is 2.29. The first-order chi connectivity index (χ1) is 6.76. The predicted molar refractivity (Wildman–Crippen MR) is 73.3 cm³/mol. The molecule has 0 aromatic rings. The van der Waals surface area contributed by atoms with Gasteiger partial charge in [0.2, 0.25) is 0 Å². The van der Waals surface area contributed by atoms with E-state index in [1.807, 2.05) is 13.8 Å². The molecule has 0 bridgehead atoms. The summed E-state index contributed by atoms with van der Waals surface area (Å²) in [6, 6.07) is 0. The highest BCUT2D eigenvalue weighted by molar-refractivity contribution is 6.64. The van der Waals surface area contributed by atoms with Gasteiger partial charge in [0.05, 0.1) is 0 Å². The second-order valence-electron chi connectivity index (χ2n) is 4.32. The molecule has 0 saturated carbocycles. The monoisotopic (exact) mass is 251 g/mol. The Labute approximate surface area is 98.7 Å². The Kier molecular flexibility index (Phi) is 11.2. The molecule has 0 N–H and O–H groups in total. The second-order valence-corrected chi connectivity index (χ2v) is 10.9. The van der Waals surface area contributed by atoms with Gasteiger partial charge in [-0.05, 0) is 41.0 Å². The average Bonchev–Trinajstić information content (AvgIpc) is 2.04. The molecule has 0 aliphatic rings. The van der Waals surface area contributed by atoms with E-state index in [1.165, 1.54) is 0 Å². The molecule has 0 heterocycles. The van der Waals surface area contributed by atoms with Gasteiger partial charge in [0.15, 0.2) is 0 Å². The van der Waals surface area contributed by atoms with Crippen molar-refractivity contribution in [2.75, 3.05) is 27.3 Å². The normalized spacial score (nSPS) is 11.6. The lowest BCUT2D eigenvalue weighted by Gasteiger charge is -2.20. The third-order valence-electron chi connectivity index (χ3n) is 2.02. The van der Waals surface area contributed by atoms with Crippen molar-refractivity contribution in [2.45, 2.75) is 40.0 Å². The molecule has 0 spiro atoms. The minimum absolute atomic E-state index is 0.410. The fourth-order valence-electron chi connectivity index (χ4n) is 0.737. The maximum atomic E-state index is 5.39. The summed E-state index contributed by atoms with van der Waals surface area (Å²) in [7, 11) is 2.16. The minimum Gasteiger partial charge on any atom is -0.395 e. The van der Waals surface area contributed by atoms with E-state index in [9.17, 15) is 0 Å². The van der Waals surface area contributed by atoms with Crippen LogP contribution in [-0.4, -0.2) is 49.4 Å². The fourth-order valence-corrected chi connectivity index (χ4v) is 2.21. The number of hydrogen-bond donors (Lipinski definition) is 0. The van der Waals surface area contributed by atoms with Gasteiger partial charge in [0.25, 0.3) is 0 Å². The van der Waals surface area contributed by atoms with Crippen LogP contribution < -0.4 is 0 Å². The summed E-state index contributed by atoms with van der Waals surface area (Å²) in [4.78, 5) is 0. The quantitative estimate of drug-likeness (QED) is 0.700. The molecule has 0 aromatic carbocycles. The van der Waals surface area contributed by atoms with Crippen LogP contribution in [-0.2, 0) is 8.85 Å². The Morgan fingerprint density at radius 1 is 1.00 bits per heavy atom. The molecule has 0 unspecified atom stereocenters. The molecular weight excluding hydrogens is 222 g/mol. The van der Waals surface area contributed by atoms with Crippen LogP contribution in [0.15, 0.2) is 0 Å². The van der Waals surface area contributed by atoms with Crippen molar-refractivity contribution in [1.82, 2.24) is 4.57 Å². The van der Waals surface area contributed by atoms with Crippen molar-refractivity contribution in [3.05, 3.63) is 0 Å². The van der Waals surface area contributed by atoms with E-state index in [1.54, 1.807) is 0 Å². The zero-order chi connectivity index (χ0) is 12.5. The van der Waals surface area contributed by atoms with Crippen LogP contribution in [0.4, 0.5) is 0 Å². The third-order valence-corrected chi connectivity index (χ3v) is 6.05. The van der Waals surface area contributed by atoms with E-state index in [4.69, 9.17) is 8.85 Å². The van der Waals surface area contributed by atoms with Crippen molar-refractivity contribution in [3.8, 4) is 0 Å². The van der Waals surface area contributed by atoms with Crippen LogP contribution in [0, 0.1) is 0 Å². The lowest BCUT2D eigenvalue weighted by Crippen LogP contribution is -2.34. The van der Waals surface area contributed by atoms with E-state index in [2.05, 4.69) is 44.8 Å². The largest absolute Gasteiger partial charge is 0.395 e. The Balaban J connectivity index is 0. The lowest BCUT2D eigenvalue weighted by molar-refractivity contribution is 0.196. The van der Waals surface area contributed by atoms with Crippen LogP contribution in [0.3, 0.4) is 0 Å². The maximum Gasteiger partial charge on any atom is 0.331 e. The SMILES string of the molecule is CCO[Si](C)(C)OCC.CN(C)[SiH](C)C. The molecule has 0 radical (unpaired) electrons. The topological polar surface area (TPSA) is 21.7 Å². The smallest absolute Gasteiger partial charge is 0.331 e. The van der Waals surface area contributed by atoms with Gasteiger partial charge in [-0.15, -0.1) is 0 Å². The average molecular weight is 252 g/mol. The zero-order valence-corrected chi connectivity index (χ0v) is 13.9. The van der Waals surface area contributed by atoms with Crippen molar-refractivity contribution in [2.24, 2.45) is 0 Å². The van der Waals surface area contributed by atoms with Crippen LogP contribution in [0.5, 0.6) is 0 Å². The summed E-state index contributed by atoms with van der Waals surface area (Å²) in [5.41, 5.74) is 0. The highest BCUT2D eigenvalue weighted by atomic mass is 28.4. The third kappa shape index (κ3) is 14.3. The Hall–Kier alpha value is 0.314. The molecule has 0 amide bonds. The molecule has 15 heavy (non-hydrogen) atoms. The number of nitrogens with zero attached hydrogens (tertiary/aromatic N) is 1. The molecule has 0 aliphatic heterocycles. The first-order valence-corrected chi connectivity index (χ1v) is 11.3. The van der Waals surface area contributed by atoms with Crippen molar-refractivity contribution in [1.29, 1.82) is 0 Å². The van der Waals surface area contributed by atoms with Crippen LogP contribution in [0.2, 0.25) is 26.2 Å². The maximum absolute atomic E-state index is 5.39. The van der Waals surface area contributed by atoms with E-state index < -0.39 is 17.5 Å². The second kappa shape index (κ2) is 9.53. The summed E-state index contributed by atoms with van der Waals surface area (Å²) in [5, 5.41) is 0. The molecule has 0 aliphatic carbocycles. The first-order valence-electron chi connectivity index (χ1n) is 5.71. The van der Waals surface area contributed by atoms with Gasteiger partial charge in [0, 0.05) is 13.2 Å². The van der Waals surface area contributed by atoms with E-state index >= 15 is 0 Å². The number of rotatable bonds is 5. The highest BCUT2D eigenvalue weighted by Crippen LogP contribution is 2.04. The van der Waals surface area contributed by atoms with E-state index in [0.717, 1.165) is 13.2 Å². The molecule has 0 atom stereocenters. The van der Waals surface area contributed by atoms with Crippen LogP contribution in [0.1, 0.15) is 13.8 Å². The summed E-state index contributed by atoms with van der Waals surface area (Å²) >= 11 is 0. The highest BCUT2D eigenvalue weighted by Gasteiger charge is 2.22. The van der Waals surface area contributed by atoms with Crippen molar-refractivity contribution < 1.29 is 8.85 Å². The van der Waals surface area contributed by atoms with Crippen LogP contribution in [0.25, 0.3) is 0 Å². The molecule has 0 fully saturated rings. The van der Waals surface area contributed by atoms with Gasteiger partial charge in [-0.1, -0.05) is 13.1 Å². The standard InChI is InChI=1S/C6H16O2Si.C4H13NSi/c1-5-7-9(3,4)8-6-2;1-5(2)6(3)4/h5-6H2,1-4H3;6H,1-4H3. The van der Waals surface area contributed by atoms with Gasteiger partial charge in [0.1, 0.15) is 8.96 Å². The van der Waals surface area contributed by atoms with Gasteiger partial charge in [-0.3, -0.25) is 0 Å². The molecule has 0 saturated heterocycles. The number of hydrogen-bond acceptors (Lipinski definition) is 3. The van der Waals surface area contributed by atoms with Crippen LogP contribution >= 0.6 is 0 Å². The molecular formula is C10H29NO2Si2. The van der Waals surface area contributed by atoms with Gasteiger partial charge >= 0.3 is 8.56 Å². The van der Waals surface area contributed by atoms with E-state index in [0.29, 0.717) is 0 Å². The van der Waals surface area contributed by atoms with E-state index in [-0.39, 0.29) is 0 Å². The van der Waals surface area contributed by atoms with Gasteiger partial charge < -0.3 is 13.4 Å². The molecule has 94 valence electrons. The summed E-state index contributed by atoms with van der Waals surface area (Å²) in [6.07, 6.45) is 0. The van der Waals surface area contributed by atoms with Crippen molar-refractivity contribution in [3.63, 3.8) is 0 Å². The molecule has 5 heteroatoms.